The maximum absolute atomic E-state index is 12.8. The van der Waals surface area contributed by atoms with Gasteiger partial charge in [-0.1, -0.05) is 17.4 Å². The van der Waals surface area contributed by atoms with Gasteiger partial charge < -0.3 is 15.5 Å². The summed E-state index contributed by atoms with van der Waals surface area (Å²) in [7, 11) is 2.15. The lowest BCUT2D eigenvalue weighted by Crippen LogP contribution is -2.44. The molecule has 40 heavy (non-hydrogen) atoms. The number of anilines is 2. The van der Waals surface area contributed by atoms with Crippen molar-refractivity contribution in [3.63, 3.8) is 0 Å². The number of amides is 2. The Hall–Kier alpha value is -3.75. The number of carbonyl (C=O) groups excluding carboxylic acids is 2. The van der Waals surface area contributed by atoms with Gasteiger partial charge in [0.1, 0.15) is 4.88 Å². The molecule has 0 aromatic carbocycles. The fraction of sp³-hybridized carbons (Fsp3) is 0.385. The van der Waals surface area contributed by atoms with Gasteiger partial charge in [-0.15, -0.1) is 0 Å². The van der Waals surface area contributed by atoms with Crippen molar-refractivity contribution in [2.24, 2.45) is 0 Å². The lowest BCUT2D eigenvalue weighted by atomic mass is 10.0. The van der Waals surface area contributed by atoms with E-state index < -0.39 is 22.9 Å². The number of likely N-dealkylation sites (tertiary alicyclic amines) is 2. The van der Waals surface area contributed by atoms with E-state index in [0.717, 1.165) is 19.6 Å². The highest BCUT2D eigenvalue weighted by molar-refractivity contribution is 7.15. The largest absolute Gasteiger partial charge is 0.427 e. The van der Waals surface area contributed by atoms with E-state index in [1.165, 1.54) is 31.1 Å². The minimum atomic E-state index is -4.52. The maximum atomic E-state index is 12.8. The predicted molar refractivity (Wildman–Crippen MR) is 144 cm³/mol. The average molecular weight is 573 g/mol. The van der Waals surface area contributed by atoms with Gasteiger partial charge in [-0.05, 0) is 32.0 Å². The van der Waals surface area contributed by atoms with Gasteiger partial charge in [0, 0.05) is 55.8 Å². The molecular weight excluding hydrogens is 545 g/mol. The Kier molecular flexibility index (Phi) is 7.92. The predicted octanol–water partition coefficient (Wildman–Crippen LogP) is 3.64. The maximum Gasteiger partial charge on any atom is 0.427 e. The van der Waals surface area contributed by atoms with Crippen molar-refractivity contribution >= 4 is 34.1 Å². The Bertz CT molecular complexity index is 1410. The van der Waals surface area contributed by atoms with E-state index in [1.54, 1.807) is 19.2 Å². The van der Waals surface area contributed by atoms with Crippen LogP contribution in [-0.4, -0.2) is 80.3 Å². The first-order valence-electron chi connectivity index (χ1n) is 12.6. The summed E-state index contributed by atoms with van der Waals surface area (Å²) in [5, 5.41) is 4.98. The van der Waals surface area contributed by atoms with E-state index in [4.69, 9.17) is 0 Å². The molecule has 2 aliphatic rings. The number of nitrogens with one attached hydrogen (secondary N) is 2. The topological polar surface area (TPSA) is 116 Å². The molecule has 3 atom stereocenters. The Morgan fingerprint density at radius 1 is 1.10 bits per heavy atom. The van der Waals surface area contributed by atoms with Gasteiger partial charge in [0.2, 0.25) is 11.8 Å². The van der Waals surface area contributed by atoms with Crippen molar-refractivity contribution in [1.29, 1.82) is 0 Å². The third-order valence-corrected chi connectivity index (χ3v) is 8.06. The van der Waals surface area contributed by atoms with Crippen LogP contribution in [0.3, 0.4) is 0 Å². The summed E-state index contributed by atoms with van der Waals surface area (Å²) in [5.74, 6) is -1.25. The van der Waals surface area contributed by atoms with E-state index in [1.807, 2.05) is 6.08 Å². The van der Waals surface area contributed by atoms with Gasteiger partial charge in [0.15, 0.2) is 10.9 Å². The molecule has 2 saturated heterocycles. The standard InChI is InChI=1S/C26H27F3N8O2S/c1-15(24(39)35-25-33-11-21(40-25)26(27,28)29)16-6-17(9-30-8-16)20-10-32-22(12-31-20)34-23(38)4-3-5-37-14-18-7-19(37)13-36(18)2/h3-4,6,8-12,15,18-19H,5,7,13-14H2,1-2H3,(H,32,34,38)(H,33,35,39)/b4-3+. The molecule has 0 saturated carbocycles. The van der Waals surface area contributed by atoms with Crippen LogP contribution >= 0.6 is 11.3 Å². The lowest BCUT2D eigenvalue weighted by Gasteiger charge is -2.30. The number of rotatable bonds is 8. The molecule has 2 amide bonds. The molecule has 210 valence electrons. The van der Waals surface area contributed by atoms with Crippen LogP contribution in [0.25, 0.3) is 11.3 Å². The Morgan fingerprint density at radius 2 is 1.93 bits per heavy atom. The molecule has 2 N–H and O–H groups in total. The first-order valence-corrected chi connectivity index (χ1v) is 13.4. The van der Waals surface area contributed by atoms with Crippen molar-refractivity contribution in [2.45, 2.75) is 37.5 Å². The Labute approximate surface area is 232 Å². The summed E-state index contributed by atoms with van der Waals surface area (Å²) in [6, 6.07) is 2.86. The Morgan fingerprint density at radius 3 is 2.58 bits per heavy atom. The zero-order valence-electron chi connectivity index (χ0n) is 21.7. The molecule has 0 radical (unpaired) electrons. The van der Waals surface area contributed by atoms with Crippen molar-refractivity contribution < 1.29 is 22.8 Å². The Balaban J connectivity index is 1.15. The van der Waals surface area contributed by atoms with Crippen molar-refractivity contribution in [3.8, 4) is 11.3 Å². The number of aromatic nitrogens is 4. The monoisotopic (exact) mass is 572 g/mol. The SMILES string of the molecule is CC(C(=O)Nc1ncc(C(F)(F)F)s1)c1cncc(-c2cnc(NC(=O)/C=C/CN3CC4CC3CN4C)cn2)c1. The van der Waals surface area contributed by atoms with Gasteiger partial charge >= 0.3 is 6.18 Å². The number of likely N-dealkylation sites (N-methyl/N-ethyl adjacent to an activating group) is 1. The van der Waals surface area contributed by atoms with Crippen LogP contribution < -0.4 is 10.6 Å². The van der Waals surface area contributed by atoms with Crippen LogP contribution in [0.1, 0.15) is 29.7 Å². The second-order valence-corrected chi connectivity index (χ2v) is 10.9. The third-order valence-electron chi connectivity index (χ3n) is 7.10. The highest BCUT2D eigenvalue weighted by Gasteiger charge is 2.40. The minimum Gasteiger partial charge on any atom is -0.306 e. The van der Waals surface area contributed by atoms with Crippen LogP contribution in [0, 0.1) is 0 Å². The number of fused-ring (bicyclic) bond motifs is 2. The van der Waals surface area contributed by atoms with Gasteiger partial charge in [-0.2, -0.15) is 13.2 Å². The van der Waals surface area contributed by atoms with Gasteiger partial charge in [0.25, 0.3) is 0 Å². The number of pyridine rings is 1. The average Bonchev–Trinajstić information content (AvgIpc) is 3.65. The fourth-order valence-electron chi connectivity index (χ4n) is 4.84. The van der Waals surface area contributed by atoms with E-state index in [9.17, 15) is 22.8 Å². The molecule has 3 unspecified atom stereocenters. The normalized spacial score (nSPS) is 20.2. The van der Waals surface area contributed by atoms with Crippen LogP contribution in [0.15, 0.2) is 49.2 Å². The number of carbonyl (C=O) groups is 2. The molecule has 5 heterocycles. The third kappa shape index (κ3) is 6.35. The summed E-state index contributed by atoms with van der Waals surface area (Å²) < 4.78 is 38.4. The summed E-state index contributed by atoms with van der Waals surface area (Å²) >= 11 is 0.359. The molecule has 0 spiro atoms. The number of nitrogens with zero attached hydrogens (tertiary/aromatic N) is 6. The van der Waals surface area contributed by atoms with Crippen LogP contribution in [0.2, 0.25) is 0 Å². The smallest absolute Gasteiger partial charge is 0.306 e. The second kappa shape index (κ2) is 11.4. The van der Waals surface area contributed by atoms with E-state index in [0.29, 0.717) is 52.3 Å². The highest BCUT2D eigenvalue weighted by atomic mass is 32.1. The second-order valence-electron chi connectivity index (χ2n) is 9.86. The molecule has 0 aliphatic carbocycles. The molecule has 2 aliphatic heterocycles. The van der Waals surface area contributed by atoms with E-state index >= 15 is 0 Å². The number of halogens is 3. The highest BCUT2D eigenvalue weighted by Crippen LogP contribution is 2.35. The van der Waals surface area contributed by atoms with Crippen LogP contribution in [0.5, 0.6) is 0 Å². The number of hydrogen-bond acceptors (Lipinski definition) is 9. The summed E-state index contributed by atoms with van der Waals surface area (Å²) in [6.07, 6.45) is 6.67. The van der Waals surface area contributed by atoms with E-state index in [2.05, 4.69) is 47.4 Å². The van der Waals surface area contributed by atoms with Crippen molar-refractivity contribution in [3.05, 3.63) is 59.6 Å². The van der Waals surface area contributed by atoms with E-state index in [-0.39, 0.29) is 11.0 Å². The minimum absolute atomic E-state index is 0.137. The number of thiazole rings is 1. The molecule has 2 bridgehead atoms. The number of piperazine rings is 1. The number of hydrogen-bond donors (Lipinski definition) is 2. The van der Waals surface area contributed by atoms with Gasteiger partial charge in [0.05, 0.1) is 30.2 Å². The molecule has 3 aromatic heterocycles. The number of alkyl halides is 3. The van der Waals surface area contributed by atoms with Gasteiger partial charge in [-0.25, -0.2) is 9.97 Å². The lowest BCUT2D eigenvalue weighted by molar-refractivity contribution is -0.134. The molecular formula is C26H27F3N8O2S. The molecule has 5 rings (SSSR count). The van der Waals surface area contributed by atoms with Gasteiger partial charge in [-0.3, -0.25) is 24.5 Å². The van der Waals surface area contributed by atoms with Crippen LogP contribution in [0.4, 0.5) is 24.1 Å². The van der Waals surface area contributed by atoms with Crippen molar-refractivity contribution in [2.75, 3.05) is 37.3 Å². The first kappa shape index (κ1) is 27.8. The molecule has 10 nitrogen and oxygen atoms in total. The fourth-order valence-corrected chi connectivity index (χ4v) is 5.53. The zero-order valence-corrected chi connectivity index (χ0v) is 22.5. The molecule has 2 fully saturated rings. The molecule has 3 aromatic rings. The zero-order chi connectivity index (χ0) is 28.4. The van der Waals surface area contributed by atoms with Crippen LogP contribution in [-0.2, 0) is 15.8 Å². The quantitative estimate of drug-likeness (QED) is 0.393. The summed E-state index contributed by atoms with van der Waals surface area (Å²) in [6.45, 7) is 4.42. The first-order chi connectivity index (χ1) is 19.1. The molecule has 14 heteroatoms. The van der Waals surface area contributed by atoms with Crippen molar-refractivity contribution in [1.82, 2.24) is 29.7 Å². The summed E-state index contributed by atoms with van der Waals surface area (Å²) in [4.78, 5) is 45.2. The summed E-state index contributed by atoms with van der Waals surface area (Å²) in [5.41, 5.74) is 1.59.